The van der Waals surface area contributed by atoms with Crippen LogP contribution in [0.4, 0.5) is 0 Å². The Labute approximate surface area is 147 Å². The number of nitrogens with zero attached hydrogens (tertiary/aromatic N) is 3. The quantitative estimate of drug-likeness (QED) is 0.870. The van der Waals surface area contributed by atoms with Gasteiger partial charge in [0.15, 0.2) is 0 Å². The first-order valence-electron chi connectivity index (χ1n) is 8.29. The summed E-state index contributed by atoms with van der Waals surface area (Å²) in [6.45, 7) is 4.63. The molecule has 130 valence electrons. The van der Waals surface area contributed by atoms with Crippen LogP contribution in [0.2, 0.25) is 5.02 Å². The summed E-state index contributed by atoms with van der Waals surface area (Å²) in [6.07, 6.45) is 2.26. The van der Waals surface area contributed by atoms with Crippen LogP contribution in [0, 0.1) is 0 Å². The molecule has 1 aromatic heterocycles. The maximum atomic E-state index is 10.3. The molecule has 0 fully saturated rings. The molecule has 2 heterocycles. The molecule has 0 aliphatic carbocycles. The first-order valence-corrected chi connectivity index (χ1v) is 8.67. The summed E-state index contributed by atoms with van der Waals surface area (Å²) < 4.78 is 7.89. The fraction of sp³-hybridized carbons (Fsp3) is 0.500. The minimum atomic E-state index is -0.509. The molecule has 1 aromatic carbocycles. The van der Waals surface area contributed by atoms with Crippen molar-refractivity contribution in [2.24, 2.45) is 7.05 Å². The van der Waals surface area contributed by atoms with Crippen molar-refractivity contribution in [2.75, 3.05) is 19.7 Å². The van der Waals surface area contributed by atoms with Gasteiger partial charge in [0.05, 0.1) is 30.8 Å². The molecule has 0 radical (unpaired) electrons. The third kappa shape index (κ3) is 4.16. The first kappa shape index (κ1) is 17.4. The van der Waals surface area contributed by atoms with Crippen LogP contribution in [0.25, 0.3) is 0 Å². The fourth-order valence-corrected chi connectivity index (χ4v) is 3.23. The van der Waals surface area contributed by atoms with Crippen molar-refractivity contribution in [1.29, 1.82) is 0 Å². The molecule has 2 aromatic rings. The van der Waals surface area contributed by atoms with E-state index in [1.54, 1.807) is 0 Å². The van der Waals surface area contributed by atoms with Crippen molar-refractivity contribution < 1.29 is 9.84 Å². The highest BCUT2D eigenvalue weighted by Gasteiger charge is 2.22. The average molecular weight is 350 g/mol. The predicted molar refractivity (Wildman–Crippen MR) is 94.0 cm³/mol. The van der Waals surface area contributed by atoms with E-state index in [0.29, 0.717) is 18.2 Å². The Morgan fingerprint density at radius 3 is 2.83 bits per heavy atom. The topological polar surface area (TPSA) is 50.5 Å². The van der Waals surface area contributed by atoms with Gasteiger partial charge in [0.25, 0.3) is 0 Å². The smallest absolute Gasteiger partial charge is 0.0949 e. The average Bonchev–Trinajstić information content (AvgIpc) is 2.94. The second-order valence-electron chi connectivity index (χ2n) is 6.41. The number of aryl methyl sites for hydroxylation is 1. The summed E-state index contributed by atoms with van der Waals surface area (Å²) in [7, 11) is 2.03. The van der Waals surface area contributed by atoms with E-state index in [4.69, 9.17) is 16.3 Å². The molecule has 0 unspecified atom stereocenters. The third-order valence-corrected chi connectivity index (χ3v) is 4.78. The number of aliphatic hydroxyl groups is 1. The van der Waals surface area contributed by atoms with Crippen molar-refractivity contribution >= 4 is 11.6 Å². The molecular weight excluding hydrogens is 326 g/mol. The van der Waals surface area contributed by atoms with Gasteiger partial charge in [-0.15, -0.1) is 0 Å². The van der Waals surface area contributed by atoms with Crippen molar-refractivity contribution in [3.05, 3.63) is 52.6 Å². The Kier molecular flexibility index (Phi) is 5.56. The van der Waals surface area contributed by atoms with Gasteiger partial charge in [0.1, 0.15) is 0 Å². The molecule has 1 aliphatic heterocycles. The lowest BCUT2D eigenvalue weighted by Gasteiger charge is -2.28. The largest absolute Gasteiger partial charge is 0.389 e. The minimum Gasteiger partial charge on any atom is -0.389 e. The second-order valence-corrected chi connectivity index (χ2v) is 6.85. The standard InChI is InChI=1S/C18H24ClN3O2/c1-13(14-3-5-15(19)6-4-14)24-11-16(23)9-22-8-7-18-17(10-22)20-12-21(18)2/h3-6,12-13,16,23H,7-11H2,1-2H3/t13-,16-/m0/s1. The summed E-state index contributed by atoms with van der Waals surface area (Å²) in [6, 6.07) is 7.61. The summed E-state index contributed by atoms with van der Waals surface area (Å²) >= 11 is 5.90. The third-order valence-electron chi connectivity index (χ3n) is 4.53. The van der Waals surface area contributed by atoms with Gasteiger partial charge in [-0.25, -0.2) is 4.98 Å². The van der Waals surface area contributed by atoms with Crippen molar-refractivity contribution in [1.82, 2.24) is 14.5 Å². The molecule has 0 saturated carbocycles. The zero-order chi connectivity index (χ0) is 17.1. The van der Waals surface area contributed by atoms with E-state index in [2.05, 4.69) is 14.5 Å². The maximum absolute atomic E-state index is 10.3. The van der Waals surface area contributed by atoms with Gasteiger partial charge in [0.2, 0.25) is 0 Å². The summed E-state index contributed by atoms with van der Waals surface area (Å²) in [5.41, 5.74) is 3.47. The van der Waals surface area contributed by atoms with Crippen molar-refractivity contribution in [3.63, 3.8) is 0 Å². The minimum absolute atomic E-state index is 0.0688. The number of aromatic nitrogens is 2. The molecule has 1 N–H and O–H groups in total. The normalized spacial score (nSPS) is 17.5. The number of β-amino-alcohol motifs (C(OH)–C–C–N with tert-alkyl or cyclic N) is 1. The number of rotatable bonds is 6. The molecule has 0 spiro atoms. The maximum Gasteiger partial charge on any atom is 0.0949 e. The van der Waals surface area contributed by atoms with Crippen molar-refractivity contribution in [2.45, 2.75) is 32.1 Å². The number of aliphatic hydroxyl groups excluding tert-OH is 1. The number of halogens is 1. The van der Waals surface area contributed by atoms with E-state index in [1.807, 2.05) is 44.6 Å². The zero-order valence-corrected chi connectivity index (χ0v) is 14.9. The lowest BCUT2D eigenvalue weighted by Crippen LogP contribution is -2.38. The Morgan fingerprint density at radius 1 is 1.33 bits per heavy atom. The summed E-state index contributed by atoms with van der Waals surface area (Å²) in [5.74, 6) is 0. The Hall–Kier alpha value is -1.40. The van der Waals surface area contributed by atoms with Crippen LogP contribution in [0.3, 0.4) is 0 Å². The number of fused-ring (bicyclic) bond motifs is 1. The van der Waals surface area contributed by atoms with Gasteiger partial charge in [-0.05, 0) is 24.6 Å². The zero-order valence-electron chi connectivity index (χ0n) is 14.2. The number of benzene rings is 1. The van der Waals surface area contributed by atoms with Crippen LogP contribution in [-0.2, 0) is 24.8 Å². The molecule has 3 rings (SSSR count). The Morgan fingerprint density at radius 2 is 2.08 bits per heavy atom. The number of imidazole rings is 1. The molecule has 0 bridgehead atoms. The summed E-state index contributed by atoms with van der Waals surface area (Å²) in [5, 5.41) is 11.0. The van der Waals surface area contributed by atoms with Crippen LogP contribution < -0.4 is 0 Å². The highest BCUT2D eigenvalue weighted by Crippen LogP contribution is 2.20. The molecule has 5 nitrogen and oxygen atoms in total. The Bertz CT molecular complexity index is 671. The van der Waals surface area contributed by atoms with Gasteiger partial charge in [-0.1, -0.05) is 23.7 Å². The highest BCUT2D eigenvalue weighted by atomic mass is 35.5. The second kappa shape index (κ2) is 7.66. The van der Waals surface area contributed by atoms with Crippen LogP contribution in [-0.4, -0.2) is 45.4 Å². The molecule has 0 saturated heterocycles. The van der Waals surface area contributed by atoms with E-state index in [9.17, 15) is 5.11 Å². The number of hydrogen-bond donors (Lipinski definition) is 1. The molecule has 6 heteroatoms. The highest BCUT2D eigenvalue weighted by molar-refractivity contribution is 6.30. The van der Waals surface area contributed by atoms with Gasteiger partial charge in [-0.3, -0.25) is 4.90 Å². The lowest BCUT2D eigenvalue weighted by atomic mass is 10.1. The van der Waals surface area contributed by atoms with E-state index in [1.165, 1.54) is 5.69 Å². The van der Waals surface area contributed by atoms with Gasteiger partial charge < -0.3 is 14.4 Å². The first-order chi connectivity index (χ1) is 11.5. The molecular formula is C18H24ClN3O2. The van der Waals surface area contributed by atoms with Crippen LogP contribution in [0.5, 0.6) is 0 Å². The Balaban J connectivity index is 1.46. The van der Waals surface area contributed by atoms with Gasteiger partial charge in [0, 0.05) is 43.8 Å². The van der Waals surface area contributed by atoms with E-state index >= 15 is 0 Å². The SMILES string of the molecule is C[C@H](OC[C@@H](O)CN1CCc2c(ncn2C)C1)c1ccc(Cl)cc1. The molecule has 24 heavy (non-hydrogen) atoms. The van der Waals surface area contributed by atoms with Crippen molar-refractivity contribution in [3.8, 4) is 0 Å². The molecule has 0 amide bonds. The lowest BCUT2D eigenvalue weighted by molar-refractivity contribution is -0.0174. The predicted octanol–water partition coefficient (Wildman–Crippen LogP) is 2.57. The number of hydrogen-bond acceptors (Lipinski definition) is 4. The van der Waals surface area contributed by atoms with Crippen LogP contribution in [0.1, 0.15) is 30.0 Å². The van der Waals surface area contributed by atoms with E-state index in [-0.39, 0.29) is 6.10 Å². The summed E-state index contributed by atoms with van der Waals surface area (Å²) in [4.78, 5) is 6.66. The van der Waals surface area contributed by atoms with Crippen LogP contribution >= 0.6 is 11.6 Å². The molecule has 2 atom stereocenters. The van der Waals surface area contributed by atoms with Crippen LogP contribution in [0.15, 0.2) is 30.6 Å². The van der Waals surface area contributed by atoms with Gasteiger partial charge in [-0.2, -0.15) is 0 Å². The molecule has 1 aliphatic rings. The number of ether oxygens (including phenoxy) is 1. The van der Waals surface area contributed by atoms with E-state index in [0.717, 1.165) is 30.8 Å². The monoisotopic (exact) mass is 349 g/mol. The van der Waals surface area contributed by atoms with Gasteiger partial charge >= 0.3 is 0 Å². The van der Waals surface area contributed by atoms with E-state index < -0.39 is 6.10 Å². The fourth-order valence-electron chi connectivity index (χ4n) is 3.10.